The van der Waals surface area contributed by atoms with E-state index in [2.05, 4.69) is 33.9 Å². The molecule has 1 aromatic heterocycles. The van der Waals surface area contributed by atoms with Crippen molar-refractivity contribution in [1.82, 2.24) is 15.6 Å². The van der Waals surface area contributed by atoms with Crippen LogP contribution in [0.25, 0.3) is 10.9 Å². The van der Waals surface area contributed by atoms with Crippen molar-refractivity contribution in [3.05, 3.63) is 30.0 Å². The van der Waals surface area contributed by atoms with E-state index in [9.17, 15) is 4.79 Å². The van der Waals surface area contributed by atoms with Gasteiger partial charge < -0.3 is 25.1 Å². The van der Waals surface area contributed by atoms with Gasteiger partial charge in [0.1, 0.15) is 5.75 Å². The largest absolute Gasteiger partial charge is 0.494 e. The van der Waals surface area contributed by atoms with E-state index in [1.165, 1.54) is 10.9 Å². The van der Waals surface area contributed by atoms with Crippen LogP contribution in [0.5, 0.6) is 5.75 Å². The van der Waals surface area contributed by atoms with E-state index >= 15 is 0 Å². The average molecular weight is 361 g/mol. The maximum atomic E-state index is 11.4. The van der Waals surface area contributed by atoms with Gasteiger partial charge in [0.2, 0.25) is 5.91 Å². The topological polar surface area (TPSA) is 75.4 Å². The number of methoxy groups -OCH3 is 1. The highest BCUT2D eigenvalue weighted by Crippen LogP contribution is 2.24. The molecule has 0 spiro atoms. The Hall–Kier alpha value is -2.05. The summed E-state index contributed by atoms with van der Waals surface area (Å²) in [6.45, 7) is 5.76. The number of fused-ring (bicyclic) bond motifs is 1. The second kappa shape index (κ2) is 11.5. The van der Waals surface area contributed by atoms with Crippen molar-refractivity contribution < 1.29 is 14.3 Å². The molecule has 6 heteroatoms. The van der Waals surface area contributed by atoms with Gasteiger partial charge in [0.15, 0.2) is 0 Å². The van der Waals surface area contributed by atoms with Crippen LogP contribution in [0.15, 0.2) is 24.4 Å². The third-order valence-electron chi connectivity index (χ3n) is 4.23. The highest BCUT2D eigenvalue weighted by Gasteiger charge is 2.06. The van der Waals surface area contributed by atoms with Gasteiger partial charge in [-0.1, -0.05) is 0 Å². The first kappa shape index (κ1) is 20.3. The molecule has 144 valence electrons. The Morgan fingerprint density at radius 1 is 1.19 bits per heavy atom. The Balaban J connectivity index is 1.78. The summed E-state index contributed by atoms with van der Waals surface area (Å²) in [5.41, 5.74) is 2.41. The molecule has 0 atom stereocenters. The van der Waals surface area contributed by atoms with E-state index in [-0.39, 0.29) is 5.91 Å². The lowest BCUT2D eigenvalue weighted by Crippen LogP contribution is -2.22. The van der Waals surface area contributed by atoms with Gasteiger partial charge in [0.25, 0.3) is 0 Å². The molecule has 0 fully saturated rings. The molecular weight excluding hydrogens is 330 g/mol. The van der Waals surface area contributed by atoms with Crippen LogP contribution in [0.1, 0.15) is 31.7 Å². The first-order valence-electron chi connectivity index (χ1n) is 9.43. The minimum absolute atomic E-state index is 0.116. The van der Waals surface area contributed by atoms with Crippen molar-refractivity contribution in [2.45, 2.75) is 32.6 Å². The van der Waals surface area contributed by atoms with E-state index < -0.39 is 0 Å². The molecule has 0 radical (unpaired) electrons. The van der Waals surface area contributed by atoms with Gasteiger partial charge in [0.05, 0.1) is 13.2 Å². The lowest BCUT2D eigenvalue weighted by atomic mass is 10.1. The van der Waals surface area contributed by atoms with E-state index in [4.69, 9.17) is 9.47 Å². The van der Waals surface area contributed by atoms with Crippen molar-refractivity contribution in [3.8, 4) is 5.75 Å². The molecule has 1 heterocycles. The fraction of sp³-hybridized carbons (Fsp3) is 0.550. The lowest BCUT2D eigenvalue weighted by Gasteiger charge is -2.07. The van der Waals surface area contributed by atoms with E-state index in [1.54, 1.807) is 7.11 Å². The molecule has 6 nitrogen and oxygen atoms in total. The number of nitrogens with one attached hydrogen (secondary N) is 3. The fourth-order valence-corrected chi connectivity index (χ4v) is 2.84. The van der Waals surface area contributed by atoms with Crippen LogP contribution in [0.4, 0.5) is 0 Å². The summed E-state index contributed by atoms with van der Waals surface area (Å²) in [5, 5.41) is 7.38. The summed E-state index contributed by atoms with van der Waals surface area (Å²) >= 11 is 0. The minimum atomic E-state index is 0.116. The molecule has 0 aliphatic rings. The van der Waals surface area contributed by atoms with Crippen LogP contribution in [0, 0.1) is 0 Å². The number of carbonyl (C=O) groups is 1. The number of amides is 1. The number of ether oxygens (including phenoxy) is 2. The second-order valence-electron chi connectivity index (χ2n) is 6.27. The molecule has 1 amide bonds. The Morgan fingerprint density at radius 3 is 2.88 bits per heavy atom. The maximum absolute atomic E-state index is 11.4. The normalized spacial score (nSPS) is 11.0. The van der Waals surface area contributed by atoms with E-state index in [1.807, 2.05) is 13.0 Å². The predicted molar refractivity (Wildman–Crippen MR) is 105 cm³/mol. The summed E-state index contributed by atoms with van der Waals surface area (Å²) in [4.78, 5) is 14.7. The number of carbonyl (C=O) groups excluding carboxylic acids is 1. The van der Waals surface area contributed by atoms with Crippen LogP contribution in [-0.4, -0.2) is 50.8 Å². The summed E-state index contributed by atoms with van der Waals surface area (Å²) in [6, 6.07) is 6.14. The molecule has 26 heavy (non-hydrogen) atoms. The Kier molecular flexibility index (Phi) is 9.00. The van der Waals surface area contributed by atoms with Gasteiger partial charge in [-0.3, -0.25) is 4.79 Å². The number of rotatable bonds is 13. The molecule has 0 bridgehead atoms. The number of benzene rings is 1. The Morgan fingerprint density at radius 2 is 2.08 bits per heavy atom. The predicted octanol–water partition coefficient (Wildman–Crippen LogP) is 2.63. The van der Waals surface area contributed by atoms with Crippen LogP contribution >= 0.6 is 0 Å². The molecule has 0 saturated carbocycles. The standard InChI is InChI=1S/C20H31N3O3/c1-3-22-20(24)6-4-5-12-26-17-7-8-19-18(14-17)16(15-23-19)9-10-21-11-13-25-2/h7-8,14-15,21,23H,3-6,9-13H2,1-2H3,(H,22,24). The average Bonchev–Trinajstić information content (AvgIpc) is 3.04. The van der Waals surface area contributed by atoms with E-state index in [0.29, 0.717) is 19.6 Å². The summed E-state index contributed by atoms with van der Waals surface area (Å²) in [7, 11) is 1.71. The Bertz CT molecular complexity index is 669. The maximum Gasteiger partial charge on any atom is 0.219 e. The van der Waals surface area contributed by atoms with Crippen molar-refractivity contribution in [3.63, 3.8) is 0 Å². The Labute approximate surface area is 155 Å². The summed E-state index contributed by atoms with van der Waals surface area (Å²) in [5.74, 6) is 0.994. The SMILES string of the molecule is CCNC(=O)CCCCOc1ccc2[nH]cc(CCNCCOC)c2c1. The highest BCUT2D eigenvalue weighted by molar-refractivity contribution is 5.84. The summed E-state index contributed by atoms with van der Waals surface area (Å²) in [6.07, 6.45) is 5.31. The van der Waals surface area contributed by atoms with Gasteiger partial charge in [-0.15, -0.1) is 0 Å². The van der Waals surface area contributed by atoms with Gasteiger partial charge in [0, 0.05) is 43.7 Å². The smallest absolute Gasteiger partial charge is 0.219 e. The highest BCUT2D eigenvalue weighted by atomic mass is 16.5. The molecule has 0 unspecified atom stereocenters. The van der Waals surface area contributed by atoms with Crippen LogP contribution < -0.4 is 15.4 Å². The van der Waals surface area contributed by atoms with Crippen molar-refractivity contribution in [1.29, 1.82) is 0 Å². The molecule has 0 saturated heterocycles. The van der Waals surface area contributed by atoms with Crippen molar-refractivity contribution in [2.75, 3.05) is 40.0 Å². The number of unbranched alkanes of at least 4 members (excludes halogenated alkanes) is 1. The molecule has 3 N–H and O–H groups in total. The first-order valence-corrected chi connectivity index (χ1v) is 9.43. The third kappa shape index (κ3) is 6.69. The number of H-pyrrole nitrogens is 1. The lowest BCUT2D eigenvalue weighted by molar-refractivity contribution is -0.121. The van der Waals surface area contributed by atoms with Crippen molar-refractivity contribution >= 4 is 16.8 Å². The molecule has 0 aliphatic heterocycles. The van der Waals surface area contributed by atoms with Crippen LogP contribution in [0.2, 0.25) is 0 Å². The van der Waals surface area contributed by atoms with Gasteiger partial charge in [-0.25, -0.2) is 0 Å². The molecular formula is C20H31N3O3. The van der Waals surface area contributed by atoms with Crippen LogP contribution in [0.3, 0.4) is 0 Å². The third-order valence-corrected chi connectivity index (χ3v) is 4.23. The zero-order valence-electron chi connectivity index (χ0n) is 15.9. The minimum Gasteiger partial charge on any atom is -0.494 e. The fourth-order valence-electron chi connectivity index (χ4n) is 2.84. The summed E-state index contributed by atoms with van der Waals surface area (Å²) < 4.78 is 10.9. The molecule has 2 rings (SSSR count). The zero-order valence-corrected chi connectivity index (χ0v) is 15.9. The monoisotopic (exact) mass is 361 g/mol. The van der Waals surface area contributed by atoms with E-state index in [0.717, 1.165) is 50.2 Å². The first-order chi connectivity index (χ1) is 12.7. The number of hydrogen-bond acceptors (Lipinski definition) is 4. The molecule has 2 aromatic rings. The number of hydrogen-bond donors (Lipinski definition) is 3. The number of aromatic amines is 1. The zero-order chi connectivity index (χ0) is 18.6. The second-order valence-corrected chi connectivity index (χ2v) is 6.27. The van der Waals surface area contributed by atoms with Gasteiger partial charge in [-0.05, 0) is 56.5 Å². The quantitative estimate of drug-likeness (QED) is 0.480. The molecule has 1 aromatic carbocycles. The molecule has 0 aliphatic carbocycles. The van der Waals surface area contributed by atoms with Gasteiger partial charge in [-0.2, -0.15) is 0 Å². The number of aromatic nitrogens is 1. The van der Waals surface area contributed by atoms with Crippen LogP contribution in [-0.2, 0) is 16.0 Å². The van der Waals surface area contributed by atoms with Crippen molar-refractivity contribution in [2.24, 2.45) is 0 Å². The van der Waals surface area contributed by atoms with Gasteiger partial charge >= 0.3 is 0 Å².